The molecule has 0 aromatic heterocycles. The Morgan fingerprint density at radius 3 is 3.09 bits per heavy atom. The number of halogens is 1. The van der Waals surface area contributed by atoms with Crippen molar-refractivity contribution in [3.05, 3.63) is 0 Å². The molecule has 3 heteroatoms. The van der Waals surface area contributed by atoms with Crippen LogP contribution in [-0.4, -0.2) is 14.4 Å². The number of nitrogens with one attached hydrogen (secondary N) is 1. The van der Waals surface area contributed by atoms with Gasteiger partial charge in [-0.1, -0.05) is 0 Å². The van der Waals surface area contributed by atoms with Crippen molar-refractivity contribution < 1.29 is 26.0 Å². The Kier molecular flexibility index (Phi) is 3.62. The van der Waals surface area contributed by atoms with Gasteiger partial charge in [-0.2, -0.15) is 0 Å². The first-order chi connectivity index (χ1) is 5.24. The second-order valence-electron chi connectivity index (χ2n) is 2.86. The second-order valence-corrected chi connectivity index (χ2v) is 6.69. The SMILES string of the molecule is CCC1CC[I-]C(C)NC1=O. The van der Waals surface area contributed by atoms with E-state index < -0.39 is 0 Å². The van der Waals surface area contributed by atoms with Crippen molar-refractivity contribution in [2.75, 3.05) is 4.43 Å². The van der Waals surface area contributed by atoms with E-state index in [2.05, 4.69) is 19.2 Å². The van der Waals surface area contributed by atoms with Crippen LogP contribution < -0.4 is 26.5 Å². The fraction of sp³-hybridized carbons (Fsp3) is 0.875. The fourth-order valence-electron chi connectivity index (χ4n) is 1.23. The first kappa shape index (κ1) is 9.29. The Hall–Kier alpha value is 0.200. The van der Waals surface area contributed by atoms with Gasteiger partial charge < -0.3 is 0 Å². The van der Waals surface area contributed by atoms with E-state index in [9.17, 15) is 4.79 Å². The van der Waals surface area contributed by atoms with Crippen LogP contribution in [0.5, 0.6) is 0 Å². The Labute approximate surface area is 78.4 Å². The first-order valence-corrected chi connectivity index (χ1v) is 6.89. The molecule has 0 bridgehead atoms. The van der Waals surface area contributed by atoms with Crippen LogP contribution >= 0.6 is 0 Å². The molecule has 1 fully saturated rings. The Balaban J connectivity index is 2.50. The van der Waals surface area contributed by atoms with E-state index >= 15 is 0 Å². The number of carbonyl (C=O) groups excluding carboxylic acids is 1. The quantitative estimate of drug-likeness (QED) is 0.332. The van der Waals surface area contributed by atoms with Crippen LogP contribution in [0.4, 0.5) is 0 Å². The predicted molar refractivity (Wildman–Crippen MR) is 40.9 cm³/mol. The van der Waals surface area contributed by atoms with Crippen molar-refractivity contribution >= 4 is 5.91 Å². The van der Waals surface area contributed by atoms with Gasteiger partial charge in [0, 0.05) is 0 Å². The van der Waals surface area contributed by atoms with Crippen LogP contribution in [0.2, 0.25) is 0 Å². The van der Waals surface area contributed by atoms with Gasteiger partial charge >= 0.3 is 78.3 Å². The van der Waals surface area contributed by atoms with Gasteiger partial charge in [-0.3, -0.25) is 0 Å². The van der Waals surface area contributed by atoms with Crippen molar-refractivity contribution in [1.82, 2.24) is 5.32 Å². The summed E-state index contributed by atoms with van der Waals surface area (Å²) >= 11 is 0.232. The van der Waals surface area contributed by atoms with Crippen LogP contribution in [0.25, 0.3) is 0 Å². The van der Waals surface area contributed by atoms with Gasteiger partial charge in [0.25, 0.3) is 0 Å². The molecule has 2 nitrogen and oxygen atoms in total. The molecule has 1 amide bonds. The van der Waals surface area contributed by atoms with Crippen LogP contribution in [0.3, 0.4) is 0 Å². The van der Waals surface area contributed by atoms with E-state index in [1.807, 2.05) is 0 Å². The van der Waals surface area contributed by atoms with Crippen molar-refractivity contribution in [3.63, 3.8) is 0 Å². The van der Waals surface area contributed by atoms with Crippen LogP contribution in [0, 0.1) is 5.92 Å². The summed E-state index contributed by atoms with van der Waals surface area (Å²) in [6, 6.07) is 0. The molecule has 1 aliphatic heterocycles. The molecule has 66 valence electrons. The van der Waals surface area contributed by atoms with Crippen LogP contribution in [0.1, 0.15) is 26.7 Å². The number of hydrogen-bond donors (Lipinski definition) is 1. The number of carbonyl (C=O) groups is 1. The summed E-state index contributed by atoms with van der Waals surface area (Å²) in [5.74, 6) is 0.594. The summed E-state index contributed by atoms with van der Waals surface area (Å²) < 4.78 is 1.80. The predicted octanol–water partition coefficient (Wildman–Crippen LogP) is -2.03. The molecule has 0 saturated carbocycles. The van der Waals surface area contributed by atoms with Gasteiger partial charge in [0.05, 0.1) is 0 Å². The average Bonchev–Trinajstić information content (AvgIpc) is 2.11. The summed E-state index contributed by atoms with van der Waals surface area (Å²) in [5.41, 5.74) is 0. The van der Waals surface area contributed by atoms with Crippen molar-refractivity contribution in [1.29, 1.82) is 0 Å². The molecule has 1 aliphatic rings. The first-order valence-electron chi connectivity index (χ1n) is 4.12. The zero-order chi connectivity index (χ0) is 8.27. The molecule has 0 aromatic rings. The molecule has 1 rings (SSSR count). The van der Waals surface area contributed by atoms with Crippen molar-refractivity contribution in [3.8, 4) is 0 Å². The number of alkyl halides is 2. The maximum atomic E-state index is 11.4. The fourth-order valence-corrected chi connectivity index (χ4v) is 3.80. The van der Waals surface area contributed by atoms with Crippen LogP contribution in [0.15, 0.2) is 0 Å². The topological polar surface area (TPSA) is 29.1 Å². The summed E-state index contributed by atoms with van der Waals surface area (Å²) in [5, 5.41) is 3.05. The monoisotopic (exact) mass is 268 g/mol. The summed E-state index contributed by atoms with van der Waals surface area (Å²) in [7, 11) is 0. The third-order valence-corrected chi connectivity index (χ3v) is 4.88. The number of hydrogen-bond acceptors (Lipinski definition) is 1. The summed E-state index contributed by atoms with van der Waals surface area (Å²) in [6.45, 7) is 4.22. The standard InChI is InChI=1S/C8H15INO/c1-3-7-4-5-9-6(2)10-8(7)11/h6-7H,3-5H2,1-2H3,(H,10,11)/q-1. The van der Waals surface area contributed by atoms with E-state index in [4.69, 9.17) is 0 Å². The van der Waals surface area contributed by atoms with Gasteiger partial charge in [-0.05, 0) is 0 Å². The molecular weight excluding hydrogens is 253 g/mol. The molecule has 1 saturated heterocycles. The third-order valence-electron chi connectivity index (χ3n) is 2.00. The molecule has 0 aliphatic carbocycles. The normalized spacial score (nSPS) is 33.5. The Morgan fingerprint density at radius 1 is 1.73 bits per heavy atom. The molecule has 0 aromatic carbocycles. The summed E-state index contributed by atoms with van der Waals surface area (Å²) in [6.07, 6.45) is 2.13. The van der Waals surface area contributed by atoms with E-state index in [-0.39, 0.29) is 27.1 Å². The maximum absolute atomic E-state index is 11.4. The van der Waals surface area contributed by atoms with Crippen LogP contribution in [-0.2, 0) is 4.79 Å². The Bertz CT molecular complexity index is 149. The average molecular weight is 268 g/mol. The van der Waals surface area contributed by atoms with Gasteiger partial charge in [-0.15, -0.1) is 0 Å². The molecule has 11 heavy (non-hydrogen) atoms. The van der Waals surface area contributed by atoms with Gasteiger partial charge in [0.2, 0.25) is 0 Å². The molecular formula is C8H15INO-. The van der Waals surface area contributed by atoms with Crippen molar-refractivity contribution in [2.45, 2.75) is 30.7 Å². The van der Waals surface area contributed by atoms with E-state index in [0.717, 1.165) is 12.8 Å². The second kappa shape index (κ2) is 4.28. The third kappa shape index (κ3) is 2.61. The molecule has 0 radical (unpaired) electrons. The number of rotatable bonds is 1. The van der Waals surface area contributed by atoms with Gasteiger partial charge in [0.1, 0.15) is 0 Å². The molecule has 2 atom stereocenters. The minimum absolute atomic E-state index is 0.232. The van der Waals surface area contributed by atoms with E-state index in [0.29, 0.717) is 9.97 Å². The molecule has 0 spiro atoms. The zero-order valence-electron chi connectivity index (χ0n) is 7.06. The van der Waals surface area contributed by atoms with Crippen molar-refractivity contribution in [2.24, 2.45) is 5.92 Å². The summed E-state index contributed by atoms with van der Waals surface area (Å²) in [4.78, 5) is 11.4. The molecule has 1 heterocycles. The van der Waals surface area contributed by atoms with Gasteiger partial charge in [-0.25, -0.2) is 0 Å². The molecule has 1 N–H and O–H groups in total. The van der Waals surface area contributed by atoms with Gasteiger partial charge in [0.15, 0.2) is 0 Å². The van der Waals surface area contributed by atoms with E-state index in [1.54, 1.807) is 0 Å². The Morgan fingerprint density at radius 2 is 2.45 bits per heavy atom. The van der Waals surface area contributed by atoms with E-state index in [1.165, 1.54) is 4.43 Å². The minimum atomic E-state index is 0.232. The number of amides is 1. The zero-order valence-corrected chi connectivity index (χ0v) is 9.22. The molecule has 2 unspecified atom stereocenters.